The molecule has 0 spiro atoms. The van der Waals surface area contributed by atoms with E-state index in [2.05, 4.69) is 19.2 Å². The number of methoxy groups -OCH3 is 1. The molecule has 1 aliphatic heterocycles. The SMILES string of the molecule is CCOc1cc(/C=C2\C(=O)NC(=S)N(c3ccc(C(C)C)cc3)C2=O)cc(Cl)c1OC. The smallest absolute Gasteiger partial charge is 0.270 e. The van der Waals surface area contributed by atoms with Crippen molar-refractivity contribution in [3.8, 4) is 11.5 Å². The lowest BCUT2D eigenvalue weighted by Crippen LogP contribution is -2.54. The fourth-order valence-corrected chi connectivity index (χ4v) is 3.78. The van der Waals surface area contributed by atoms with Crippen LogP contribution in [0, 0.1) is 0 Å². The average Bonchev–Trinajstić information content (AvgIpc) is 2.71. The zero-order valence-corrected chi connectivity index (χ0v) is 19.3. The van der Waals surface area contributed by atoms with Gasteiger partial charge in [0.15, 0.2) is 16.6 Å². The molecule has 1 fully saturated rings. The van der Waals surface area contributed by atoms with Crippen LogP contribution in [0.15, 0.2) is 42.0 Å². The summed E-state index contributed by atoms with van der Waals surface area (Å²) in [7, 11) is 1.49. The van der Waals surface area contributed by atoms with Crippen LogP contribution >= 0.6 is 23.8 Å². The minimum absolute atomic E-state index is 0.0345. The van der Waals surface area contributed by atoms with Crippen LogP contribution in [0.3, 0.4) is 0 Å². The normalized spacial score (nSPS) is 15.5. The molecule has 0 unspecified atom stereocenters. The Labute approximate surface area is 191 Å². The molecule has 0 bridgehead atoms. The Morgan fingerprint density at radius 3 is 2.45 bits per heavy atom. The maximum absolute atomic E-state index is 13.2. The highest BCUT2D eigenvalue weighted by Crippen LogP contribution is 2.37. The number of carbonyl (C=O) groups excluding carboxylic acids is 2. The summed E-state index contributed by atoms with van der Waals surface area (Å²) in [6.45, 7) is 6.41. The first-order valence-electron chi connectivity index (χ1n) is 9.78. The second-order valence-electron chi connectivity index (χ2n) is 7.17. The summed E-state index contributed by atoms with van der Waals surface area (Å²) in [6.07, 6.45) is 1.46. The Morgan fingerprint density at radius 1 is 1.19 bits per heavy atom. The van der Waals surface area contributed by atoms with Gasteiger partial charge < -0.3 is 9.47 Å². The first kappa shape index (κ1) is 22.8. The molecule has 31 heavy (non-hydrogen) atoms. The second kappa shape index (κ2) is 9.49. The number of hydrogen-bond donors (Lipinski definition) is 1. The first-order valence-corrected chi connectivity index (χ1v) is 10.6. The largest absolute Gasteiger partial charge is 0.491 e. The van der Waals surface area contributed by atoms with Gasteiger partial charge in [-0.05, 0) is 66.5 Å². The predicted octanol–water partition coefficient (Wildman–Crippen LogP) is 4.70. The lowest BCUT2D eigenvalue weighted by molar-refractivity contribution is -0.122. The number of nitrogens with one attached hydrogen (secondary N) is 1. The number of halogens is 1. The van der Waals surface area contributed by atoms with Gasteiger partial charge in [-0.1, -0.05) is 37.6 Å². The standard InChI is InChI=1S/C23H23ClN2O4S/c1-5-30-19-12-14(11-18(24)20(19)29-4)10-17-21(27)25-23(31)26(22(17)28)16-8-6-15(7-9-16)13(2)3/h6-13H,5H2,1-4H3,(H,25,27,31)/b17-10+. The number of ether oxygens (including phenoxy) is 2. The minimum atomic E-state index is -0.574. The second-order valence-corrected chi connectivity index (χ2v) is 7.97. The first-order chi connectivity index (χ1) is 14.8. The average molecular weight is 459 g/mol. The number of thiocarbonyl (C=S) groups is 1. The zero-order valence-electron chi connectivity index (χ0n) is 17.7. The monoisotopic (exact) mass is 458 g/mol. The molecule has 2 aromatic rings. The molecule has 0 aromatic heterocycles. The molecule has 1 aliphatic rings. The van der Waals surface area contributed by atoms with Crippen LogP contribution in [0.4, 0.5) is 5.69 Å². The van der Waals surface area contributed by atoms with Crippen molar-refractivity contribution in [3.05, 3.63) is 58.1 Å². The summed E-state index contributed by atoms with van der Waals surface area (Å²) in [6, 6.07) is 10.8. The summed E-state index contributed by atoms with van der Waals surface area (Å²) < 4.78 is 10.9. The molecule has 6 nitrogen and oxygen atoms in total. The van der Waals surface area contributed by atoms with Crippen LogP contribution in [0.1, 0.15) is 37.8 Å². The van der Waals surface area contributed by atoms with E-state index in [0.29, 0.717) is 40.3 Å². The van der Waals surface area contributed by atoms with Crippen LogP contribution in [0.25, 0.3) is 6.08 Å². The van der Waals surface area contributed by atoms with Gasteiger partial charge in [-0.3, -0.25) is 19.8 Å². The van der Waals surface area contributed by atoms with E-state index >= 15 is 0 Å². The van der Waals surface area contributed by atoms with Crippen molar-refractivity contribution in [2.75, 3.05) is 18.6 Å². The van der Waals surface area contributed by atoms with Crippen molar-refractivity contribution in [3.63, 3.8) is 0 Å². The molecule has 2 amide bonds. The van der Waals surface area contributed by atoms with Crippen LogP contribution < -0.4 is 19.7 Å². The summed E-state index contributed by atoms with van der Waals surface area (Å²) in [5.41, 5.74) is 2.17. The fraction of sp³-hybridized carbons (Fsp3) is 0.261. The van der Waals surface area contributed by atoms with Crippen molar-refractivity contribution in [2.45, 2.75) is 26.7 Å². The molecule has 8 heteroatoms. The Balaban J connectivity index is 2.01. The minimum Gasteiger partial charge on any atom is -0.491 e. The summed E-state index contributed by atoms with van der Waals surface area (Å²) >= 11 is 11.6. The van der Waals surface area contributed by atoms with Gasteiger partial charge in [0.25, 0.3) is 11.8 Å². The third-order valence-electron chi connectivity index (χ3n) is 4.77. The van der Waals surface area contributed by atoms with E-state index in [1.165, 1.54) is 18.1 Å². The van der Waals surface area contributed by atoms with Crippen molar-refractivity contribution in [2.24, 2.45) is 0 Å². The fourth-order valence-electron chi connectivity index (χ4n) is 3.20. The third kappa shape index (κ3) is 4.73. The Hall–Kier alpha value is -2.90. The van der Waals surface area contributed by atoms with Crippen LogP contribution in [-0.4, -0.2) is 30.6 Å². The Kier molecular flexibility index (Phi) is 6.97. The van der Waals surface area contributed by atoms with Crippen LogP contribution in [0.5, 0.6) is 11.5 Å². The maximum atomic E-state index is 13.2. The molecular formula is C23H23ClN2O4S. The third-order valence-corrected chi connectivity index (χ3v) is 5.33. The molecule has 1 N–H and O–H groups in total. The van der Waals surface area contributed by atoms with Crippen molar-refractivity contribution < 1.29 is 19.1 Å². The number of carbonyl (C=O) groups is 2. The number of anilines is 1. The molecule has 0 atom stereocenters. The van der Waals surface area contributed by atoms with Crippen LogP contribution in [-0.2, 0) is 9.59 Å². The van der Waals surface area contributed by atoms with E-state index in [1.807, 2.05) is 31.2 Å². The van der Waals surface area contributed by atoms with Crippen molar-refractivity contribution in [1.82, 2.24) is 5.32 Å². The molecular weight excluding hydrogens is 436 g/mol. The highest BCUT2D eigenvalue weighted by atomic mass is 35.5. The van der Waals surface area contributed by atoms with Gasteiger partial charge in [-0.25, -0.2) is 0 Å². The molecule has 0 radical (unpaired) electrons. The van der Waals surface area contributed by atoms with Gasteiger partial charge in [-0.2, -0.15) is 0 Å². The van der Waals surface area contributed by atoms with Crippen LogP contribution in [0.2, 0.25) is 5.02 Å². The van der Waals surface area contributed by atoms with Gasteiger partial charge in [-0.15, -0.1) is 0 Å². The Bertz CT molecular complexity index is 1060. The van der Waals surface area contributed by atoms with E-state index in [-0.39, 0.29) is 10.7 Å². The number of hydrogen-bond acceptors (Lipinski definition) is 5. The van der Waals surface area contributed by atoms with E-state index in [0.717, 1.165) is 5.56 Å². The van der Waals surface area contributed by atoms with E-state index < -0.39 is 11.8 Å². The number of nitrogens with zero attached hydrogens (tertiary/aromatic N) is 1. The molecule has 0 aliphatic carbocycles. The zero-order chi connectivity index (χ0) is 22.7. The number of rotatable bonds is 6. The quantitative estimate of drug-likeness (QED) is 0.386. The van der Waals surface area contributed by atoms with Gasteiger partial charge in [0.1, 0.15) is 5.57 Å². The molecule has 162 valence electrons. The molecule has 3 rings (SSSR count). The van der Waals surface area contributed by atoms with E-state index in [4.69, 9.17) is 33.3 Å². The molecule has 1 heterocycles. The highest BCUT2D eigenvalue weighted by Gasteiger charge is 2.34. The van der Waals surface area contributed by atoms with Gasteiger partial charge in [0.2, 0.25) is 0 Å². The number of benzene rings is 2. The highest BCUT2D eigenvalue weighted by molar-refractivity contribution is 7.80. The molecule has 0 saturated carbocycles. The maximum Gasteiger partial charge on any atom is 0.270 e. The van der Waals surface area contributed by atoms with E-state index in [1.54, 1.807) is 12.1 Å². The molecule has 1 saturated heterocycles. The lowest BCUT2D eigenvalue weighted by Gasteiger charge is -2.29. The summed E-state index contributed by atoms with van der Waals surface area (Å²) in [5.74, 6) is 0.0706. The van der Waals surface area contributed by atoms with Crippen molar-refractivity contribution >= 4 is 52.5 Å². The summed E-state index contributed by atoms with van der Waals surface area (Å²) in [5, 5.41) is 2.92. The predicted molar refractivity (Wildman–Crippen MR) is 126 cm³/mol. The lowest BCUT2D eigenvalue weighted by atomic mass is 10.0. The van der Waals surface area contributed by atoms with Gasteiger partial charge in [0.05, 0.1) is 24.4 Å². The van der Waals surface area contributed by atoms with Gasteiger partial charge in [0, 0.05) is 0 Å². The number of amides is 2. The van der Waals surface area contributed by atoms with E-state index in [9.17, 15) is 9.59 Å². The molecule has 2 aromatic carbocycles. The summed E-state index contributed by atoms with van der Waals surface area (Å²) in [4.78, 5) is 27.1. The topological polar surface area (TPSA) is 67.9 Å². The Morgan fingerprint density at radius 2 is 1.87 bits per heavy atom. The van der Waals surface area contributed by atoms with Crippen molar-refractivity contribution in [1.29, 1.82) is 0 Å². The van der Waals surface area contributed by atoms with Gasteiger partial charge >= 0.3 is 0 Å².